The summed E-state index contributed by atoms with van der Waals surface area (Å²) in [6.07, 6.45) is 1.58. The van der Waals surface area contributed by atoms with Gasteiger partial charge in [-0.25, -0.2) is 10.2 Å². The lowest BCUT2D eigenvalue weighted by Gasteiger charge is -2.06. The van der Waals surface area contributed by atoms with Gasteiger partial charge in [-0.2, -0.15) is 10.4 Å². The molecule has 0 aromatic carbocycles. The largest absolute Gasteiger partial charge is 0.350 e. The molecule has 5 nitrogen and oxygen atoms in total. The number of carbonyl (C=O) groups is 1. The number of carbonyl (C=O) groups excluding carboxylic acids is 1. The number of nitrogens with one attached hydrogen (secondary N) is 1. The highest BCUT2D eigenvalue weighted by molar-refractivity contribution is 5.90. The smallest absolute Gasteiger partial charge is 0.332 e. The van der Waals surface area contributed by atoms with E-state index in [4.69, 9.17) is 11.0 Å². The lowest BCUT2D eigenvalue weighted by molar-refractivity contribution is 0.249. The van der Waals surface area contributed by atoms with Crippen LogP contribution in [0.5, 0.6) is 0 Å². The topological polar surface area (TPSA) is 91.3 Å². The van der Waals surface area contributed by atoms with Gasteiger partial charge in [0.1, 0.15) is 0 Å². The molecule has 0 saturated heterocycles. The Balaban J connectivity index is 2.60. The van der Waals surface area contributed by atoms with Gasteiger partial charge in [0.15, 0.2) is 0 Å². The molecule has 2 atom stereocenters. The Kier molecular flexibility index (Phi) is 2.85. The molecule has 0 aliphatic heterocycles. The maximum atomic E-state index is 10.4. The number of amides is 2. The highest BCUT2D eigenvalue weighted by Gasteiger charge is 2.29. The molecule has 1 fully saturated rings. The van der Waals surface area contributed by atoms with Crippen molar-refractivity contribution in [2.75, 3.05) is 0 Å². The van der Waals surface area contributed by atoms with E-state index in [0.29, 0.717) is 0 Å². The van der Waals surface area contributed by atoms with E-state index in [9.17, 15) is 4.79 Å². The minimum atomic E-state index is -0.667. The zero-order valence-corrected chi connectivity index (χ0v) is 7.45. The van der Waals surface area contributed by atoms with Gasteiger partial charge in [0.05, 0.1) is 12.0 Å². The van der Waals surface area contributed by atoms with Crippen LogP contribution in [0.15, 0.2) is 5.10 Å². The van der Waals surface area contributed by atoms with Crippen LogP contribution in [-0.4, -0.2) is 11.7 Å². The number of urea groups is 1. The third kappa shape index (κ3) is 2.18. The van der Waals surface area contributed by atoms with E-state index in [1.165, 1.54) is 0 Å². The minimum Gasteiger partial charge on any atom is -0.350 e. The van der Waals surface area contributed by atoms with Crippen LogP contribution in [0.2, 0.25) is 0 Å². The molecule has 0 bridgehead atoms. The molecule has 0 aromatic heterocycles. The van der Waals surface area contributed by atoms with Crippen molar-refractivity contribution < 1.29 is 4.79 Å². The Morgan fingerprint density at radius 1 is 1.85 bits per heavy atom. The summed E-state index contributed by atoms with van der Waals surface area (Å²) >= 11 is 0. The van der Waals surface area contributed by atoms with Crippen LogP contribution in [0.3, 0.4) is 0 Å². The quantitative estimate of drug-likeness (QED) is 0.578. The van der Waals surface area contributed by atoms with Crippen LogP contribution in [0.1, 0.15) is 19.8 Å². The average Bonchev–Trinajstić information content (AvgIpc) is 2.43. The Labute approximate surface area is 76.6 Å². The first-order valence-electron chi connectivity index (χ1n) is 4.16. The number of hydrogen-bond donors (Lipinski definition) is 2. The fourth-order valence-electron chi connectivity index (χ4n) is 1.47. The van der Waals surface area contributed by atoms with Gasteiger partial charge >= 0.3 is 6.03 Å². The highest BCUT2D eigenvalue weighted by atomic mass is 16.2. The fourth-order valence-corrected chi connectivity index (χ4v) is 1.47. The zero-order chi connectivity index (χ0) is 9.84. The molecule has 2 unspecified atom stereocenters. The number of hydrazone groups is 1. The molecule has 13 heavy (non-hydrogen) atoms. The van der Waals surface area contributed by atoms with E-state index < -0.39 is 6.03 Å². The van der Waals surface area contributed by atoms with E-state index in [1.54, 1.807) is 0 Å². The molecule has 1 saturated carbocycles. The summed E-state index contributed by atoms with van der Waals surface area (Å²) in [4.78, 5) is 10.4. The molecule has 1 aliphatic carbocycles. The van der Waals surface area contributed by atoms with Crippen LogP contribution < -0.4 is 11.2 Å². The van der Waals surface area contributed by atoms with Gasteiger partial charge in [0.2, 0.25) is 0 Å². The van der Waals surface area contributed by atoms with Crippen LogP contribution >= 0.6 is 0 Å². The third-order valence-corrected chi connectivity index (χ3v) is 2.32. The van der Waals surface area contributed by atoms with E-state index in [1.807, 2.05) is 6.92 Å². The van der Waals surface area contributed by atoms with Crippen LogP contribution in [0.4, 0.5) is 4.79 Å². The molecule has 0 spiro atoms. The minimum absolute atomic E-state index is 0.0217. The Morgan fingerprint density at radius 3 is 3.00 bits per heavy atom. The average molecular weight is 180 g/mol. The van der Waals surface area contributed by atoms with Crippen LogP contribution in [-0.2, 0) is 0 Å². The first kappa shape index (κ1) is 9.52. The number of nitrogens with two attached hydrogens (primary N) is 1. The molecule has 5 heteroatoms. The third-order valence-electron chi connectivity index (χ3n) is 2.32. The number of hydrogen-bond acceptors (Lipinski definition) is 3. The summed E-state index contributed by atoms with van der Waals surface area (Å²) in [7, 11) is 0. The highest BCUT2D eigenvalue weighted by Crippen LogP contribution is 2.28. The number of nitriles is 1. The lowest BCUT2D eigenvalue weighted by Crippen LogP contribution is -2.26. The molecule has 3 N–H and O–H groups in total. The first-order chi connectivity index (χ1) is 6.15. The standard InChI is InChI=1S/C8H12N4O/c1-5-6(4-9)2-3-7(5)11-12-8(10)13/h5-6H,2-3H2,1H3,(H3,10,12,13)/b11-7+. The summed E-state index contributed by atoms with van der Waals surface area (Å²) in [5, 5.41) is 12.6. The molecule has 1 rings (SSSR count). The first-order valence-corrected chi connectivity index (χ1v) is 4.16. The van der Waals surface area contributed by atoms with Crippen molar-refractivity contribution in [1.29, 1.82) is 5.26 Å². The number of rotatable bonds is 1. The van der Waals surface area contributed by atoms with Crippen molar-refractivity contribution in [3.63, 3.8) is 0 Å². The van der Waals surface area contributed by atoms with Crippen LogP contribution in [0, 0.1) is 23.2 Å². The van der Waals surface area contributed by atoms with Crippen molar-refractivity contribution in [2.45, 2.75) is 19.8 Å². The molecular formula is C8H12N4O. The molecule has 70 valence electrons. The van der Waals surface area contributed by atoms with Gasteiger partial charge in [-0.3, -0.25) is 0 Å². The van der Waals surface area contributed by atoms with Gasteiger partial charge in [0, 0.05) is 11.6 Å². The predicted molar refractivity (Wildman–Crippen MR) is 47.7 cm³/mol. The zero-order valence-electron chi connectivity index (χ0n) is 7.45. The van der Waals surface area contributed by atoms with Gasteiger partial charge in [-0.1, -0.05) is 6.92 Å². The normalized spacial score (nSPS) is 30.0. The second-order valence-electron chi connectivity index (χ2n) is 3.14. The molecule has 0 heterocycles. The fraction of sp³-hybridized carbons (Fsp3) is 0.625. The Bertz CT molecular complexity index is 278. The second-order valence-corrected chi connectivity index (χ2v) is 3.14. The lowest BCUT2D eigenvalue weighted by atomic mass is 9.99. The number of primary amides is 1. The SMILES string of the molecule is CC1/C(=N/NC(N)=O)CCC1C#N. The molecule has 2 amide bonds. The van der Waals surface area contributed by atoms with E-state index in [0.717, 1.165) is 18.6 Å². The maximum Gasteiger partial charge on any atom is 0.332 e. The Hall–Kier alpha value is -1.57. The van der Waals surface area contributed by atoms with Crippen molar-refractivity contribution >= 4 is 11.7 Å². The van der Waals surface area contributed by atoms with E-state index >= 15 is 0 Å². The summed E-state index contributed by atoms with van der Waals surface area (Å²) in [5.74, 6) is 0.144. The molecule has 0 aromatic rings. The van der Waals surface area contributed by atoms with Gasteiger partial charge in [-0.05, 0) is 12.8 Å². The van der Waals surface area contributed by atoms with Gasteiger partial charge in [-0.15, -0.1) is 0 Å². The van der Waals surface area contributed by atoms with Crippen molar-refractivity contribution in [3.8, 4) is 6.07 Å². The Morgan fingerprint density at radius 2 is 2.54 bits per heavy atom. The monoisotopic (exact) mass is 180 g/mol. The summed E-state index contributed by atoms with van der Waals surface area (Å²) in [5.41, 5.74) is 7.89. The van der Waals surface area contributed by atoms with Gasteiger partial charge in [0.25, 0.3) is 0 Å². The maximum absolute atomic E-state index is 10.4. The molecular weight excluding hydrogens is 168 g/mol. The summed E-state index contributed by atoms with van der Waals surface area (Å²) in [6.45, 7) is 1.93. The molecule has 1 aliphatic rings. The summed E-state index contributed by atoms with van der Waals surface area (Å²) < 4.78 is 0. The van der Waals surface area contributed by atoms with Crippen molar-refractivity contribution in [2.24, 2.45) is 22.7 Å². The summed E-state index contributed by atoms with van der Waals surface area (Å²) in [6, 6.07) is 1.54. The molecule has 0 radical (unpaired) electrons. The van der Waals surface area contributed by atoms with Gasteiger partial charge < -0.3 is 5.73 Å². The van der Waals surface area contributed by atoms with E-state index in [-0.39, 0.29) is 11.8 Å². The number of nitrogens with zero attached hydrogens (tertiary/aromatic N) is 2. The second kappa shape index (κ2) is 3.90. The predicted octanol–water partition coefficient (Wildman–Crippen LogP) is 0.580. The van der Waals surface area contributed by atoms with Crippen molar-refractivity contribution in [1.82, 2.24) is 5.43 Å². The van der Waals surface area contributed by atoms with Crippen molar-refractivity contribution in [3.05, 3.63) is 0 Å². The van der Waals surface area contributed by atoms with Crippen LogP contribution in [0.25, 0.3) is 0 Å². The van der Waals surface area contributed by atoms with E-state index in [2.05, 4.69) is 16.6 Å².